The first-order valence-corrected chi connectivity index (χ1v) is 6.88. The standard InChI is InChI=1S/C11H15FN2O4S/c1-8-5-9(12)7-10(6-8)13-19(17,18)14(2)4-3-11(15)16/h5-7,13H,3-4H2,1-2H3,(H,15,16). The molecule has 0 saturated heterocycles. The summed E-state index contributed by atoms with van der Waals surface area (Å²) in [4.78, 5) is 10.4. The van der Waals surface area contributed by atoms with Crippen LogP contribution in [0.2, 0.25) is 0 Å². The van der Waals surface area contributed by atoms with Crippen molar-refractivity contribution in [3.63, 3.8) is 0 Å². The molecule has 8 heteroatoms. The van der Waals surface area contributed by atoms with Gasteiger partial charge in [-0.1, -0.05) is 0 Å². The van der Waals surface area contributed by atoms with E-state index in [0.29, 0.717) is 5.56 Å². The van der Waals surface area contributed by atoms with Gasteiger partial charge in [-0.3, -0.25) is 9.52 Å². The Hall–Kier alpha value is -1.67. The molecule has 1 aromatic carbocycles. The minimum Gasteiger partial charge on any atom is -0.481 e. The molecule has 0 fully saturated rings. The molecule has 0 atom stereocenters. The van der Waals surface area contributed by atoms with E-state index >= 15 is 0 Å². The van der Waals surface area contributed by atoms with Crippen LogP contribution in [0.4, 0.5) is 10.1 Å². The van der Waals surface area contributed by atoms with Crippen molar-refractivity contribution in [3.05, 3.63) is 29.6 Å². The highest BCUT2D eigenvalue weighted by Gasteiger charge is 2.18. The average molecular weight is 290 g/mol. The van der Waals surface area contributed by atoms with Gasteiger partial charge in [0.05, 0.1) is 12.1 Å². The summed E-state index contributed by atoms with van der Waals surface area (Å²) in [6, 6.07) is 3.80. The zero-order chi connectivity index (χ0) is 14.6. The van der Waals surface area contributed by atoms with E-state index in [1.807, 2.05) is 0 Å². The molecule has 0 heterocycles. The zero-order valence-electron chi connectivity index (χ0n) is 10.6. The van der Waals surface area contributed by atoms with Crippen molar-refractivity contribution in [2.45, 2.75) is 13.3 Å². The van der Waals surface area contributed by atoms with E-state index in [4.69, 9.17) is 5.11 Å². The highest BCUT2D eigenvalue weighted by atomic mass is 32.2. The van der Waals surface area contributed by atoms with Gasteiger partial charge in [-0.05, 0) is 30.7 Å². The summed E-state index contributed by atoms with van der Waals surface area (Å²) in [6.07, 6.45) is -0.306. The number of carbonyl (C=O) groups is 1. The van der Waals surface area contributed by atoms with Gasteiger partial charge >= 0.3 is 16.2 Å². The molecule has 0 aromatic heterocycles. The zero-order valence-corrected chi connectivity index (χ0v) is 11.4. The second-order valence-corrected chi connectivity index (χ2v) is 5.87. The van der Waals surface area contributed by atoms with Crippen molar-refractivity contribution >= 4 is 21.9 Å². The average Bonchev–Trinajstić information content (AvgIpc) is 2.23. The smallest absolute Gasteiger partial charge is 0.304 e. The minimum atomic E-state index is -3.89. The van der Waals surface area contributed by atoms with Crippen LogP contribution in [0.15, 0.2) is 18.2 Å². The van der Waals surface area contributed by atoms with Gasteiger partial charge in [-0.25, -0.2) is 4.39 Å². The second-order valence-electron chi connectivity index (χ2n) is 4.09. The Morgan fingerprint density at radius 1 is 1.42 bits per heavy atom. The van der Waals surface area contributed by atoms with Gasteiger partial charge in [0.2, 0.25) is 0 Å². The molecule has 0 radical (unpaired) electrons. The number of nitrogens with zero attached hydrogens (tertiary/aromatic N) is 1. The molecule has 0 unspecified atom stereocenters. The Kier molecular flexibility index (Phi) is 4.84. The molecule has 1 aromatic rings. The molecule has 0 bridgehead atoms. The maximum absolute atomic E-state index is 13.1. The molecule has 0 spiro atoms. The number of anilines is 1. The molecular weight excluding hydrogens is 275 g/mol. The van der Waals surface area contributed by atoms with Crippen molar-refractivity contribution in [1.82, 2.24) is 4.31 Å². The van der Waals surface area contributed by atoms with Crippen LogP contribution in [-0.4, -0.2) is 37.4 Å². The molecule has 6 nitrogen and oxygen atoms in total. The lowest BCUT2D eigenvalue weighted by Gasteiger charge is -2.17. The number of hydrogen-bond donors (Lipinski definition) is 2. The number of benzene rings is 1. The van der Waals surface area contributed by atoms with E-state index in [2.05, 4.69) is 4.72 Å². The van der Waals surface area contributed by atoms with Crippen LogP contribution in [0.5, 0.6) is 0 Å². The molecule has 0 aliphatic carbocycles. The summed E-state index contributed by atoms with van der Waals surface area (Å²) in [5.41, 5.74) is 0.672. The van der Waals surface area contributed by atoms with Gasteiger partial charge in [-0.15, -0.1) is 0 Å². The number of carboxylic acids is 1. The fourth-order valence-corrected chi connectivity index (χ4v) is 2.30. The summed E-state index contributed by atoms with van der Waals surface area (Å²) < 4.78 is 39.9. The number of hydrogen-bond acceptors (Lipinski definition) is 3. The van der Waals surface area contributed by atoms with Gasteiger partial charge < -0.3 is 5.11 Å². The predicted octanol–water partition coefficient (Wildman–Crippen LogP) is 1.20. The number of halogens is 1. The van der Waals surface area contributed by atoms with Crippen molar-refractivity contribution in [1.29, 1.82) is 0 Å². The first-order chi connectivity index (χ1) is 8.70. The fourth-order valence-electron chi connectivity index (χ4n) is 1.40. The maximum Gasteiger partial charge on any atom is 0.304 e. The lowest BCUT2D eigenvalue weighted by atomic mass is 10.2. The van der Waals surface area contributed by atoms with E-state index in [9.17, 15) is 17.6 Å². The molecular formula is C11H15FN2O4S. The Labute approximate surface area is 111 Å². The molecule has 0 aliphatic rings. The van der Waals surface area contributed by atoms with E-state index in [-0.39, 0.29) is 18.7 Å². The van der Waals surface area contributed by atoms with Crippen LogP contribution >= 0.6 is 0 Å². The van der Waals surface area contributed by atoms with Gasteiger partial charge in [0.15, 0.2) is 0 Å². The fraction of sp³-hybridized carbons (Fsp3) is 0.364. The van der Waals surface area contributed by atoms with E-state index in [0.717, 1.165) is 10.4 Å². The summed E-state index contributed by atoms with van der Waals surface area (Å²) in [5.74, 6) is -1.64. The molecule has 106 valence electrons. The molecule has 19 heavy (non-hydrogen) atoms. The highest BCUT2D eigenvalue weighted by Crippen LogP contribution is 2.15. The van der Waals surface area contributed by atoms with Crippen LogP contribution in [0.1, 0.15) is 12.0 Å². The molecule has 2 N–H and O–H groups in total. The number of aryl methyl sites for hydroxylation is 1. The van der Waals surface area contributed by atoms with Crippen LogP contribution in [0.25, 0.3) is 0 Å². The number of carboxylic acid groups (broad SMARTS) is 1. The van der Waals surface area contributed by atoms with Gasteiger partial charge in [0, 0.05) is 13.6 Å². The molecule has 0 amide bonds. The van der Waals surface area contributed by atoms with Crippen molar-refractivity contribution < 1.29 is 22.7 Å². The van der Waals surface area contributed by atoms with Crippen molar-refractivity contribution in [3.8, 4) is 0 Å². The lowest BCUT2D eigenvalue weighted by Crippen LogP contribution is -2.34. The molecule has 0 aliphatic heterocycles. The Morgan fingerprint density at radius 3 is 2.58 bits per heavy atom. The largest absolute Gasteiger partial charge is 0.481 e. The van der Waals surface area contributed by atoms with E-state index in [1.54, 1.807) is 6.92 Å². The third-order valence-corrected chi connectivity index (χ3v) is 3.84. The van der Waals surface area contributed by atoms with E-state index < -0.39 is 22.0 Å². The Morgan fingerprint density at radius 2 is 2.05 bits per heavy atom. The first kappa shape index (κ1) is 15.4. The van der Waals surface area contributed by atoms with Crippen LogP contribution in [0.3, 0.4) is 0 Å². The van der Waals surface area contributed by atoms with Crippen LogP contribution in [0, 0.1) is 12.7 Å². The minimum absolute atomic E-state index is 0.0969. The van der Waals surface area contributed by atoms with Crippen LogP contribution in [-0.2, 0) is 15.0 Å². The third kappa shape index (κ3) is 4.84. The van der Waals surface area contributed by atoms with Gasteiger partial charge in [0.1, 0.15) is 5.82 Å². The lowest BCUT2D eigenvalue weighted by molar-refractivity contribution is -0.137. The van der Waals surface area contributed by atoms with E-state index in [1.165, 1.54) is 19.2 Å². The summed E-state index contributed by atoms with van der Waals surface area (Å²) >= 11 is 0. The van der Waals surface area contributed by atoms with Crippen molar-refractivity contribution in [2.24, 2.45) is 0 Å². The summed E-state index contributed by atoms with van der Waals surface area (Å²) in [5, 5.41) is 8.50. The third-order valence-electron chi connectivity index (χ3n) is 2.34. The topological polar surface area (TPSA) is 86.7 Å². The van der Waals surface area contributed by atoms with Gasteiger partial charge in [0.25, 0.3) is 0 Å². The van der Waals surface area contributed by atoms with Crippen molar-refractivity contribution in [2.75, 3.05) is 18.3 Å². The normalized spacial score (nSPS) is 11.6. The quantitative estimate of drug-likeness (QED) is 0.824. The monoisotopic (exact) mass is 290 g/mol. The molecule has 1 rings (SSSR count). The van der Waals surface area contributed by atoms with Gasteiger partial charge in [-0.2, -0.15) is 12.7 Å². The predicted molar refractivity (Wildman–Crippen MR) is 68.6 cm³/mol. The number of rotatable bonds is 6. The Balaban J connectivity index is 2.81. The number of aliphatic carboxylic acids is 1. The highest BCUT2D eigenvalue weighted by molar-refractivity contribution is 7.90. The maximum atomic E-state index is 13.1. The molecule has 0 saturated carbocycles. The SMILES string of the molecule is Cc1cc(F)cc(NS(=O)(=O)N(C)CCC(=O)O)c1. The number of nitrogens with one attached hydrogen (secondary N) is 1. The summed E-state index contributed by atoms with van der Waals surface area (Å²) in [7, 11) is -2.64. The second kappa shape index (κ2) is 5.98. The van der Waals surface area contributed by atoms with Crippen LogP contribution < -0.4 is 4.72 Å². The summed E-state index contributed by atoms with van der Waals surface area (Å²) in [6.45, 7) is 1.47. The first-order valence-electron chi connectivity index (χ1n) is 5.44. The Bertz CT molecular complexity index is 554.